The van der Waals surface area contributed by atoms with E-state index in [1.165, 1.54) is 12.8 Å². The molecule has 1 saturated carbocycles. The summed E-state index contributed by atoms with van der Waals surface area (Å²) in [6.07, 6.45) is 10.5. The van der Waals surface area contributed by atoms with Crippen molar-refractivity contribution in [1.29, 1.82) is 0 Å². The number of pyridine rings is 3. The average molecular weight is 393 g/mol. The molecule has 0 bridgehead atoms. The minimum Gasteiger partial charge on any atom is -0.312 e. The van der Waals surface area contributed by atoms with E-state index in [-0.39, 0.29) is 5.56 Å². The molecule has 0 amide bonds. The number of hydrogen-bond donors (Lipinski definition) is 0. The Morgan fingerprint density at radius 2 is 1.80 bits per heavy atom. The molecule has 0 radical (unpaired) electrons. The number of benzene rings is 1. The van der Waals surface area contributed by atoms with Gasteiger partial charge in [-0.1, -0.05) is 36.0 Å². The average Bonchev–Trinajstić information content (AvgIpc) is 3.29. The third-order valence-corrected chi connectivity index (χ3v) is 6.27. The van der Waals surface area contributed by atoms with Gasteiger partial charge in [-0.3, -0.25) is 9.78 Å². The Hall–Kier alpha value is -3.60. The molecule has 30 heavy (non-hydrogen) atoms. The molecule has 0 saturated heterocycles. The molecule has 2 aliphatic rings. The first-order chi connectivity index (χ1) is 14.8. The van der Waals surface area contributed by atoms with Gasteiger partial charge in [-0.15, -0.1) is 0 Å². The van der Waals surface area contributed by atoms with E-state index < -0.39 is 0 Å². The highest BCUT2D eigenvalue weighted by atomic mass is 16.1. The molecule has 4 heterocycles. The van der Waals surface area contributed by atoms with Crippen LogP contribution in [-0.4, -0.2) is 9.55 Å². The lowest BCUT2D eigenvalue weighted by Gasteiger charge is -2.14. The summed E-state index contributed by atoms with van der Waals surface area (Å²) in [6, 6.07) is 18.4. The lowest BCUT2D eigenvalue weighted by atomic mass is 10.1. The standard InChI is InChI=1S/C25H21N4O/c30-24-16-18(10-13-28(24)19-5-1-2-6-19)17-11-14-29-23(15-17)27-25(29)21-9-12-26-22-8-4-3-7-20(21)22/h3-4,7-16,19H,1-2,5-6H2/q+1. The van der Waals surface area contributed by atoms with Crippen LogP contribution in [0.4, 0.5) is 0 Å². The Morgan fingerprint density at radius 1 is 0.967 bits per heavy atom. The van der Waals surface area contributed by atoms with E-state index in [0.717, 1.165) is 51.8 Å². The molecule has 1 aliphatic carbocycles. The van der Waals surface area contributed by atoms with Crippen molar-refractivity contribution in [2.75, 3.05) is 0 Å². The number of fused-ring (bicyclic) bond motifs is 2. The first kappa shape index (κ1) is 17.3. The molecule has 0 unspecified atom stereocenters. The van der Waals surface area contributed by atoms with Crippen LogP contribution in [0, 0.1) is 5.84 Å². The smallest absolute Gasteiger partial charge is 0.279 e. The minimum absolute atomic E-state index is 0.0854. The van der Waals surface area contributed by atoms with Crippen molar-refractivity contribution in [3.63, 3.8) is 0 Å². The number of rotatable bonds is 3. The zero-order valence-electron chi connectivity index (χ0n) is 16.5. The molecule has 5 heteroatoms. The van der Waals surface area contributed by atoms with Gasteiger partial charge in [0.2, 0.25) is 0 Å². The van der Waals surface area contributed by atoms with Gasteiger partial charge in [0.05, 0.1) is 17.3 Å². The topological polar surface area (TPSA) is 53.1 Å². The van der Waals surface area contributed by atoms with Crippen molar-refractivity contribution in [2.45, 2.75) is 31.7 Å². The highest BCUT2D eigenvalue weighted by Gasteiger charge is 2.22. The summed E-state index contributed by atoms with van der Waals surface area (Å²) in [5.74, 6) is 0.923. The number of para-hydroxylation sites is 1. The normalized spacial score (nSPS) is 15.7. The van der Waals surface area contributed by atoms with Crippen molar-refractivity contribution < 1.29 is 4.24 Å². The Balaban J connectivity index is 1.39. The van der Waals surface area contributed by atoms with Crippen molar-refractivity contribution >= 4 is 10.9 Å². The Kier molecular flexibility index (Phi) is 3.88. The Labute approximate surface area is 173 Å². The van der Waals surface area contributed by atoms with E-state index in [1.807, 2.05) is 59.6 Å². The molecule has 1 fully saturated rings. The Morgan fingerprint density at radius 3 is 2.63 bits per heavy atom. The van der Waals surface area contributed by atoms with Crippen LogP contribution in [0.3, 0.4) is 0 Å². The lowest BCUT2D eigenvalue weighted by molar-refractivity contribution is -0.561. The van der Waals surface area contributed by atoms with E-state index in [2.05, 4.69) is 21.4 Å². The van der Waals surface area contributed by atoms with Crippen molar-refractivity contribution in [3.8, 4) is 11.1 Å². The van der Waals surface area contributed by atoms with Crippen LogP contribution in [-0.2, 0) is 0 Å². The molecule has 6 rings (SSSR count). The van der Waals surface area contributed by atoms with Gasteiger partial charge >= 0.3 is 0 Å². The summed E-state index contributed by atoms with van der Waals surface area (Å²) in [5.41, 5.74) is 4.97. The molecule has 0 spiro atoms. The second kappa shape index (κ2) is 6.73. The predicted octanol–water partition coefficient (Wildman–Crippen LogP) is 3.49. The number of hydrogen-bond acceptors (Lipinski definition) is 3. The van der Waals surface area contributed by atoms with Crippen LogP contribution >= 0.6 is 0 Å². The van der Waals surface area contributed by atoms with E-state index in [0.29, 0.717) is 6.04 Å². The third-order valence-electron chi connectivity index (χ3n) is 6.27. The second-order valence-electron chi connectivity index (χ2n) is 8.05. The van der Waals surface area contributed by atoms with Gasteiger partial charge in [-0.05, 0) is 48.2 Å². The maximum atomic E-state index is 12.7. The van der Waals surface area contributed by atoms with Gasteiger partial charge in [0.15, 0.2) is 0 Å². The number of aromatic nitrogens is 3. The van der Waals surface area contributed by atoms with E-state index >= 15 is 0 Å². The summed E-state index contributed by atoms with van der Waals surface area (Å²) in [4.78, 5) is 21.9. The zero-order valence-corrected chi connectivity index (χ0v) is 16.5. The second-order valence-corrected chi connectivity index (χ2v) is 8.05. The molecule has 1 aromatic carbocycles. The molecule has 0 atom stereocenters. The molecule has 0 N–H and O–H groups in total. The summed E-state index contributed by atoms with van der Waals surface area (Å²) in [7, 11) is 0. The van der Waals surface area contributed by atoms with Gasteiger partial charge in [0.25, 0.3) is 16.9 Å². The monoisotopic (exact) mass is 393 g/mol. The molecule has 4 aromatic rings. The predicted molar refractivity (Wildman–Crippen MR) is 114 cm³/mol. The van der Waals surface area contributed by atoms with Crippen LogP contribution in [0.25, 0.3) is 22.0 Å². The van der Waals surface area contributed by atoms with Crippen molar-refractivity contribution in [3.05, 3.63) is 100 Å². The summed E-state index contributed by atoms with van der Waals surface area (Å²) < 4.78 is 3.99. The van der Waals surface area contributed by atoms with Gasteiger partial charge < -0.3 is 4.57 Å². The molecular weight excluding hydrogens is 372 g/mol. The summed E-state index contributed by atoms with van der Waals surface area (Å²) >= 11 is 0. The van der Waals surface area contributed by atoms with Crippen molar-refractivity contribution in [1.82, 2.24) is 9.55 Å². The molecule has 1 aliphatic heterocycles. The fourth-order valence-electron chi connectivity index (χ4n) is 4.68. The number of nitrogens with zero attached hydrogens (tertiary/aromatic N) is 4. The zero-order chi connectivity index (χ0) is 20.1. The van der Waals surface area contributed by atoms with Gasteiger partial charge in [0, 0.05) is 36.0 Å². The summed E-state index contributed by atoms with van der Waals surface area (Å²) in [5, 5.41) is 1.09. The van der Waals surface area contributed by atoms with E-state index in [9.17, 15) is 4.79 Å². The fourth-order valence-corrected chi connectivity index (χ4v) is 4.68. The first-order valence-corrected chi connectivity index (χ1v) is 10.5. The summed E-state index contributed by atoms with van der Waals surface area (Å²) in [6.45, 7) is 0. The van der Waals surface area contributed by atoms with Crippen LogP contribution in [0.5, 0.6) is 0 Å². The van der Waals surface area contributed by atoms with Crippen LogP contribution in [0.1, 0.15) is 37.3 Å². The highest BCUT2D eigenvalue weighted by molar-refractivity contribution is 5.83. The largest absolute Gasteiger partial charge is 0.312 e. The highest BCUT2D eigenvalue weighted by Crippen LogP contribution is 2.28. The first-order valence-electron chi connectivity index (χ1n) is 10.5. The molecule has 3 aromatic heterocycles. The van der Waals surface area contributed by atoms with E-state index in [4.69, 9.17) is 4.99 Å². The lowest BCUT2D eigenvalue weighted by Crippen LogP contribution is -2.48. The molecule has 146 valence electrons. The van der Waals surface area contributed by atoms with Crippen molar-refractivity contribution in [2.24, 2.45) is 4.99 Å². The Bertz CT molecular complexity index is 1470. The minimum atomic E-state index is 0.0854. The maximum absolute atomic E-state index is 12.7. The third kappa shape index (κ3) is 2.70. The fraction of sp³-hybridized carbons (Fsp3) is 0.200. The molecule has 5 nitrogen and oxygen atoms in total. The van der Waals surface area contributed by atoms with Crippen LogP contribution in [0.15, 0.2) is 83.0 Å². The van der Waals surface area contributed by atoms with Crippen LogP contribution in [0.2, 0.25) is 0 Å². The molecular formula is C25H21N4O+. The quantitative estimate of drug-likeness (QED) is 0.501. The van der Waals surface area contributed by atoms with Gasteiger partial charge in [-0.25, -0.2) is 0 Å². The maximum Gasteiger partial charge on any atom is 0.279 e. The van der Waals surface area contributed by atoms with Gasteiger partial charge in [0.1, 0.15) is 0 Å². The SMILES string of the molecule is O=c1cc(-c2cc[n+]3c(c2)=NC=3c2ccnc3ccccc23)ccn1C1CCCC1. The van der Waals surface area contributed by atoms with Crippen LogP contribution < -0.4 is 15.3 Å². The van der Waals surface area contributed by atoms with E-state index in [1.54, 1.807) is 6.07 Å². The van der Waals surface area contributed by atoms with Gasteiger partial charge in [-0.2, -0.15) is 4.24 Å².